The molecule has 1 atom stereocenters. The van der Waals surface area contributed by atoms with Crippen LogP contribution in [-0.4, -0.2) is 13.7 Å². The van der Waals surface area contributed by atoms with Crippen LogP contribution in [0.5, 0.6) is 5.75 Å². The summed E-state index contributed by atoms with van der Waals surface area (Å²) >= 11 is 9.65. The van der Waals surface area contributed by atoms with Gasteiger partial charge in [0.05, 0.1) is 13.2 Å². The lowest BCUT2D eigenvalue weighted by Gasteiger charge is -2.20. The highest BCUT2D eigenvalue weighted by atomic mass is 79.9. The molecule has 2 rings (SSSR count). The minimum Gasteiger partial charge on any atom is -0.497 e. The zero-order valence-corrected chi connectivity index (χ0v) is 13.8. The first-order chi connectivity index (χ1) is 9.63. The third kappa shape index (κ3) is 3.75. The monoisotopic (exact) mass is 353 g/mol. The second-order valence-corrected chi connectivity index (χ2v) is 5.82. The van der Waals surface area contributed by atoms with Crippen molar-refractivity contribution in [1.29, 1.82) is 0 Å². The fourth-order valence-corrected chi connectivity index (χ4v) is 3.06. The SMILES string of the molecule is CCNC(c1ccc(OC)cc1)c1cc(Cl)cc(Br)c1. The van der Waals surface area contributed by atoms with Gasteiger partial charge in [-0.1, -0.05) is 46.6 Å². The van der Waals surface area contributed by atoms with Crippen LogP contribution in [0.4, 0.5) is 0 Å². The molecule has 0 aliphatic rings. The van der Waals surface area contributed by atoms with E-state index >= 15 is 0 Å². The molecule has 0 bridgehead atoms. The van der Waals surface area contributed by atoms with Crippen LogP contribution in [0.25, 0.3) is 0 Å². The van der Waals surface area contributed by atoms with Crippen molar-refractivity contribution in [2.45, 2.75) is 13.0 Å². The van der Waals surface area contributed by atoms with Crippen molar-refractivity contribution in [3.63, 3.8) is 0 Å². The molecule has 1 N–H and O–H groups in total. The van der Waals surface area contributed by atoms with Gasteiger partial charge in [-0.15, -0.1) is 0 Å². The van der Waals surface area contributed by atoms with E-state index in [9.17, 15) is 0 Å². The zero-order valence-electron chi connectivity index (χ0n) is 11.5. The van der Waals surface area contributed by atoms with Crippen LogP contribution in [0.2, 0.25) is 5.02 Å². The Labute approximate surface area is 133 Å². The number of ether oxygens (including phenoxy) is 1. The second-order valence-electron chi connectivity index (χ2n) is 4.47. The first kappa shape index (κ1) is 15.4. The van der Waals surface area contributed by atoms with Crippen molar-refractivity contribution in [3.05, 3.63) is 63.1 Å². The quantitative estimate of drug-likeness (QED) is 0.832. The predicted octanol–water partition coefficient (Wildman–Crippen LogP) is 4.81. The van der Waals surface area contributed by atoms with E-state index in [-0.39, 0.29) is 6.04 Å². The molecule has 2 aromatic rings. The van der Waals surface area contributed by atoms with Crippen molar-refractivity contribution in [2.24, 2.45) is 0 Å². The van der Waals surface area contributed by atoms with Gasteiger partial charge in [0.25, 0.3) is 0 Å². The summed E-state index contributed by atoms with van der Waals surface area (Å²) in [7, 11) is 1.67. The average molecular weight is 355 g/mol. The fourth-order valence-electron chi connectivity index (χ4n) is 2.17. The lowest BCUT2D eigenvalue weighted by atomic mass is 9.98. The van der Waals surface area contributed by atoms with Gasteiger partial charge in [0.1, 0.15) is 5.75 Å². The summed E-state index contributed by atoms with van der Waals surface area (Å²) in [6, 6.07) is 14.2. The van der Waals surface area contributed by atoms with Crippen molar-refractivity contribution in [2.75, 3.05) is 13.7 Å². The number of methoxy groups -OCH3 is 1. The summed E-state index contributed by atoms with van der Waals surface area (Å²) in [5, 5.41) is 4.21. The minimum absolute atomic E-state index is 0.112. The smallest absolute Gasteiger partial charge is 0.118 e. The molecule has 0 radical (unpaired) electrons. The summed E-state index contributed by atoms with van der Waals surface area (Å²) in [5.74, 6) is 0.858. The van der Waals surface area contributed by atoms with E-state index in [1.807, 2.05) is 24.3 Å². The van der Waals surface area contributed by atoms with Gasteiger partial charge in [0.15, 0.2) is 0 Å². The fraction of sp³-hybridized carbons (Fsp3) is 0.250. The Morgan fingerprint density at radius 1 is 1.15 bits per heavy atom. The van der Waals surface area contributed by atoms with E-state index in [1.165, 1.54) is 5.56 Å². The molecule has 0 aliphatic heterocycles. The zero-order chi connectivity index (χ0) is 14.5. The molecule has 2 aromatic carbocycles. The second kappa shape index (κ2) is 7.11. The van der Waals surface area contributed by atoms with Gasteiger partial charge in [-0.05, 0) is 48.0 Å². The Morgan fingerprint density at radius 3 is 2.40 bits per heavy atom. The third-order valence-corrected chi connectivity index (χ3v) is 3.75. The standard InChI is InChI=1S/C16H17BrClNO/c1-3-19-16(11-4-6-15(20-2)7-5-11)12-8-13(17)10-14(18)9-12/h4-10,16,19H,3H2,1-2H3. The highest BCUT2D eigenvalue weighted by Crippen LogP contribution is 2.29. The predicted molar refractivity (Wildman–Crippen MR) is 87.7 cm³/mol. The lowest BCUT2D eigenvalue weighted by Crippen LogP contribution is -2.22. The molecule has 0 saturated carbocycles. The van der Waals surface area contributed by atoms with Crippen LogP contribution in [-0.2, 0) is 0 Å². The highest BCUT2D eigenvalue weighted by molar-refractivity contribution is 9.10. The highest BCUT2D eigenvalue weighted by Gasteiger charge is 2.14. The molecule has 0 aliphatic carbocycles. The largest absolute Gasteiger partial charge is 0.497 e. The first-order valence-corrected chi connectivity index (χ1v) is 7.64. The summed E-state index contributed by atoms with van der Waals surface area (Å²) in [6.07, 6.45) is 0. The van der Waals surface area contributed by atoms with E-state index in [4.69, 9.17) is 16.3 Å². The van der Waals surface area contributed by atoms with Gasteiger partial charge in [-0.2, -0.15) is 0 Å². The molecule has 1 unspecified atom stereocenters. The maximum atomic E-state index is 6.15. The molecular formula is C16H17BrClNO. The molecule has 106 valence electrons. The van der Waals surface area contributed by atoms with Crippen LogP contribution in [0.1, 0.15) is 24.1 Å². The van der Waals surface area contributed by atoms with E-state index in [1.54, 1.807) is 7.11 Å². The van der Waals surface area contributed by atoms with Gasteiger partial charge in [-0.25, -0.2) is 0 Å². The normalized spacial score (nSPS) is 12.2. The number of rotatable bonds is 5. The number of hydrogen-bond acceptors (Lipinski definition) is 2. The van der Waals surface area contributed by atoms with E-state index in [0.29, 0.717) is 0 Å². The van der Waals surface area contributed by atoms with Crippen molar-refractivity contribution < 1.29 is 4.74 Å². The van der Waals surface area contributed by atoms with E-state index in [0.717, 1.165) is 27.4 Å². The van der Waals surface area contributed by atoms with Gasteiger partial charge < -0.3 is 10.1 Å². The molecule has 0 amide bonds. The Morgan fingerprint density at radius 2 is 1.85 bits per heavy atom. The Balaban J connectivity index is 2.38. The average Bonchev–Trinajstić information content (AvgIpc) is 2.44. The Kier molecular flexibility index (Phi) is 5.46. The Hall–Kier alpha value is -1.03. The van der Waals surface area contributed by atoms with Gasteiger partial charge in [0.2, 0.25) is 0 Å². The molecule has 0 spiro atoms. The van der Waals surface area contributed by atoms with E-state index in [2.05, 4.69) is 46.4 Å². The number of halogens is 2. The van der Waals surface area contributed by atoms with Crippen molar-refractivity contribution in [1.82, 2.24) is 5.32 Å². The van der Waals surface area contributed by atoms with Crippen LogP contribution in [0.15, 0.2) is 46.9 Å². The Bertz CT molecular complexity index is 551. The molecule has 20 heavy (non-hydrogen) atoms. The van der Waals surface area contributed by atoms with Crippen LogP contribution < -0.4 is 10.1 Å². The molecule has 0 aromatic heterocycles. The summed E-state index contributed by atoms with van der Waals surface area (Å²) in [5.41, 5.74) is 2.32. The van der Waals surface area contributed by atoms with Crippen LogP contribution in [0.3, 0.4) is 0 Å². The molecule has 0 saturated heterocycles. The maximum Gasteiger partial charge on any atom is 0.118 e. The van der Waals surface area contributed by atoms with Crippen LogP contribution in [0, 0.1) is 0 Å². The topological polar surface area (TPSA) is 21.3 Å². The maximum absolute atomic E-state index is 6.15. The molecule has 2 nitrogen and oxygen atoms in total. The number of hydrogen-bond donors (Lipinski definition) is 1. The molecule has 4 heteroatoms. The molecule has 0 fully saturated rings. The molecular weight excluding hydrogens is 338 g/mol. The van der Waals surface area contributed by atoms with Gasteiger partial charge >= 0.3 is 0 Å². The summed E-state index contributed by atoms with van der Waals surface area (Å²) < 4.78 is 6.19. The van der Waals surface area contributed by atoms with E-state index < -0.39 is 0 Å². The van der Waals surface area contributed by atoms with Gasteiger partial charge in [-0.3, -0.25) is 0 Å². The first-order valence-electron chi connectivity index (χ1n) is 6.47. The van der Waals surface area contributed by atoms with Crippen molar-refractivity contribution in [3.8, 4) is 5.75 Å². The lowest BCUT2D eigenvalue weighted by molar-refractivity contribution is 0.414. The van der Waals surface area contributed by atoms with Crippen molar-refractivity contribution >= 4 is 27.5 Å². The summed E-state index contributed by atoms with van der Waals surface area (Å²) in [4.78, 5) is 0. The minimum atomic E-state index is 0.112. The number of nitrogens with one attached hydrogen (secondary N) is 1. The van der Waals surface area contributed by atoms with Gasteiger partial charge in [0, 0.05) is 9.50 Å². The van der Waals surface area contributed by atoms with Crippen LogP contribution >= 0.6 is 27.5 Å². The third-order valence-electron chi connectivity index (χ3n) is 3.08. The summed E-state index contributed by atoms with van der Waals surface area (Å²) in [6.45, 7) is 2.97. The number of benzene rings is 2. The molecule has 0 heterocycles.